The summed E-state index contributed by atoms with van der Waals surface area (Å²) in [6, 6.07) is 8.80. The topological polar surface area (TPSA) is 58.6 Å². The molecule has 18 heavy (non-hydrogen) atoms. The molecular formula is C13H8Cl2N2O. The Labute approximate surface area is 113 Å². The maximum Gasteiger partial charge on any atom is 0.118 e. The average molecular weight is 279 g/mol. The highest BCUT2D eigenvalue weighted by Crippen LogP contribution is 2.42. The Balaban J connectivity index is 2.42. The Hall–Kier alpha value is -1.71. The predicted octanol–water partition coefficient (Wildman–Crippen LogP) is 3.78. The number of hydrogen-bond donors (Lipinski definition) is 2. The monoisotopic (exact) mass is 278 g/mol. The van der Waals surface area contributed by atoms with Gasteiger partial charge >= 0.3 is 0 Å². The van der Waals surface area contributed by atoms with E-state index in [0.717, 1.165) is 22.3 Å². The summed E-state index contributed by atoms with van der Waals surface area (Å²) in [5.74, 6) is 0. The normalized spacial score (nSPS) is 14.7. The minimum Gasteiger partial charge on any atom is -0.410 e. The Bertz CT molecular complexity index is 696. The molecule has 0 heterocycles. The first-order valence-electron chi connectivity index (χ1n) is 5.23. The summed E-state index contributed by atoms with van der Waals surface area (Å²) in [4.78, 5) is 0. The SMILES string of the molecule is Nc1cc(Cl)cc2c1-c1ccc(Cl)cc1/C2=N\O. The number of nitrogen functional groups attached to an aromatic ring is 1. The molecule has 3 nitrogen and oxygen atoms in total. The van der Waals surface area contributed by atoms with Crippen molar-refractivity contribution in [3.8, 4) is 11.1 Å². The number of halogens is 2. The van der Waals surface area contributed by atoms with Crippen molar-refractivity contribution in [1.82, 2.24) is 0 Å². The number of fused-ring (bicyclic) bond motifs is 3. The predicted molar refractivity (Wildman–Crippen MR) is 73.7 cm³/mol. The van der Waals surface area contributed by atoms with Crippen molar-refractivity contribution in [2.45, 2.75) is 0 Å². The Morgan fingerprint density at radius 1 is 0.944 bits per heavy atom. The van der Waals surface area contributed by atoms with Crippen molar-refractivity contribution in [1.29, 1.82) is 0 Å². The van der Waals surface area contributed by atoms with Crippen LogP contribution in [0.25, 0.3) is 11.1 Å². The fourth-order valence-corrected chi connectivity index (χ4v) is 2.70. The van der Waals surface area contributed by atoms with Crippen molar-refractivity contribution < 1.29 is 5.21 Å². The number of benzene rings is 2. The summed E-state index contributed by atoms with van der Waals surface area (Å²) in [5.41, 5.74) is 10.2. The van der Waals surface area contributed by atoms with Crippen molar-refractivity contribution in [2.24, 2.45) is 5.16 Å². The molecule has 0 aliphatic heterocycles. The fourth-order valence-electron chi connectivity index (χ4n) is 2.30. The van der Waals surface area contributed by atoms with Crippen LogP contribution in [0.2, 0.25) is 10.0 Å². The quantitative estimate of drug-likeness (QED) is 0.374. The zero-order valence-electron chi connectivity index (χ0n) is 9.11. The molecule has 0 amide bonds. The van der Waals surface area contributed by atoms with Gasteiger partial charge in [0.05, 0.1) is 0 Å². The smallest absolute Gasteiger partial charge is 0.118 e. The van der Waals surface area contributed by atoms with E-state index in [0.29, 0.717) is 21.4 Å². The Morgan fingerprint density at radius 2 is 1.67 bits per heavy atom. The minimum atomic E-state index is 0.441. The van der Waals surface area contributed by atoms with Crippen LogP contribution in [0, 0.1) is 0 Å². The highest BCUT2D eigenvalue weighted by Gasteiger charge is 2.28. The molecule has 0 unspecified atom stereocenters. The van der Waals surface area contributed by atoms with Crippen LogP contribution in [0.3, 0.4) is 0 Å². The first-order valence-corrected chi connectivity index (χ1v) is 5.99. The molecule has 0 aromatic heterocycles. The van der Waals surface area contributed by atoms with Crippen molar-refractivity contribution in [2.75, 3.05) is 5.73 Å². The molecular weight excluding hydrogens is 271 g/mol. The molecule has 2 aromatic rings. The van der Waals surface area contributed by atoms with Gasteiger partial charge in [0.25, 0.3) is 0 Å². The van der Waals surface area contributed by atoms with E-state index in [4.69, 9.17) is 28.9 Å². The highest BCUT2D eigenvalue weighted by atomic mass is 35.5. The van der Waals surface area contributed by atoms with Crippen molar-refractivity contribution in [3.05, 3.63) is 51.5 Å². The number of nitrogens with zero attached hydrogens (tertiary/aromatic N) is 1. The summed E-state index contributed by atoms with van der Waals surface area (Å²) >= 11 is 11.9. The Morgan fingerprint density at radius 3 is 2.39 bits per heavy atom. The van der Waals surface area contributed by atoms with Gasteiger partial charge in [0.15, 0.2) is 0 Å². The van der Waals surface area contributed by atoms with Gasteiger partial charge in [-0.05, 0) is 29.8 Å². The second-order valence-electron chi connectivity index (χ2n) is 4.06. The molecule has 1 aliphatic rings. The Kier molecular flexibility index (Phi) is 2.47. The van der Waals surface area contributed by atoms with E-state index in [-0.39, 0.29) is 0 Å². The molecule has 0 spiro atoms. The summed E-state index contributed by atoms with van der Waals surface area (Å²) in [5, 5.41) is 13.6. The van der Waals surface area contributed by atoms with E-state index in [1.54, 1.807) is 24.3 Å². The lowest BCUT2D eigenvalue weighted by atomic mass is 10.0. The van der Waals surface area contributed by atoms with Crippen LogP contribution >= 0.6 is 23.2 Å². The third kappa shape index (κ3) is 1.48. The number of hydrogen-bond acceptors (Lipinski definition) is 3. The van der Waals surface area contributed by atoms with Crippen LogP contribution in [-0.4, -0.2) is 10.9 Å². The van der Waals surface area contributed by atoms with Crippen molar-refractivity contribution in [3.63, 3.8) is 0 Å². The van der Waals surface area contributed by atoms with Crippen LogP contribution in [0.4, 0.5) is 5.69 Å². The van der Waals surface area contributed by atoms with Crippen LogP contribution < -0.4 is 5.73 Å². The molecule has 90 valence electrons. The van der Waals surface area contributed by atoms with Crippen LogP contribution in [-0.2, 0) is 0 Å². The molecule has 2 aromatic carbocycles. The van der Waals surface area contributed by atoms with E-state index in [9.17, 15) is 5.21 Å². The standard InChI is InChI=1S/C13H8Cl2N2O/c14-6-1-2-8-9(3-6)13(17-18)10-4-7(15)5-11(16)12(8)10/h1-5,18H,16H2/b17-13+. The van der Waals surface area contributed by atoms with E-state index < -0.39 is 0 Å². The maximum atomic E-state index is 9.19. The largest absolute Gasteiger partial charge is 0.410 e. The van der Waals surface area contributed by atoms with Gasteiger partial charge in [-0.25, -0.2) is 0 Å². The fraction of sp³-hybridized carbons (Fsp3) is 0. The van der Waals surface area contributed by atoms with Crippen LogP contribution in [0.15, 0.2) is 35.5 Å². The first kappa shape index (κ1) is 11.4. The van der Waals surface area contributed by atoms with Gasteiger partial charge in [-0.3, -0.25) is 0 Å². The van der Waals surface area contributed by atoms with Gasteiger partial charge in [-0.15, -0.1) is 0 Å². The van der Waals surface area contributed by atoms with Gasteiger partial charge in [-0.1, -0.05) is 34.4 Å². The second-order valence-corrected chi connectivity index (χ2v) is 4.93. The molecule has 0 saturated heterocycles. The van der Waals surface area contributed by atoms with E-state index in [1.165, 1.54) is 0 Å². The lowest BCUT2D eigenvalue weighted by Crippen LogP contribution is -1.98. The molecule has 0 fully saturated rings. The lowest BCUT2D eigenvalue weighted by molar-refractivity contribution is 0.320. The summed E-state index contributed by atoms with van der Waals surface area (Å²) in [6.07, 6.45) is 0. The van der Waals surface area contributed by atoms with Gasteiger partial charge in [-0.2, -0.15) is 0 Å². The second kappa shape index (κ2) is 3.90. The minimum absolute atomic E-state index is 0.441. The molecule has 1 aliphatic carbocycles. The third-order valence-corrected chi connectivity index (χ3v) is 3.45. The molecule has 0 saturated carbocycles. The van der Waals surface area contributed by atoms with Gasteiger partial charge < -0.3 is 10.9 Å². The zero-order chi connectivity index (χ0) is 12.9. The molecule has 3 rings (SSSR count). The van der Waals surface area contributed by atoms with Crippen LogP contribution in [0.1, 0.15) is 11.1 Å². The first-order chi connectivity index (χ1) is 8.61. The molecule has 3 N–H and O–H groups in total. The number of rotatable bonds is 0. The van der Waals surface area contributed by atoms with Gasteiger partial charge in [0, 0.05) is 32.4 Å². The van der Waals surface area contributed by atoms with E-state index >= 15 is 0 Å². The van der Waals surface area contributed by atoms with Gasteiger partial charge in [0.1, 0.15) is 5.71 Å². The average Bonchev–Trinajstić information content (AvgIpc) is 2.61. The number of nitrogens with two attached hydrogens (primary N) is 1. The summed E-state index contributed by atoms with van der Waals surface area (Å²) in [6.45, 7) is 0. The molecule has 5 heteroatoms. The van der Waals surface area contributed by atoms with Gasteiger partial charge in [0.2, 0.25) is 0 Å². The molecule has 0 radical (unpaired) electrons. The maximum absolute atomic E-state index is 9.19. The van der Waals surface area contributed by atoms with E-state index in [1.807, 2.05) is 6.07 Å². The van der Waals surface area contributed by atoms with Crippen molar-refractivity contribution >= 4 is 34.6 Å². The third-order valence-electron chi connectivity index (χ3n) is 2.99. The highest BCUT2D eigenvalue weighted by molar-refractivity contribution is 6.35. The number of oxime groups is 1. The molecule has 0 bridgehead atoms. The zero-order valence-corrected chi connectivity index (χ0v) is 10.6. The molecule has 0 atom stereocenters. The number of anilines is 1. The lowest BCUT2D eigenvalue weighted by Gasteiger charge is -2.05. The summed E-state index contributed by atoms with van der Waals surface area (Å²) in [7, 11) is 0. The summed E-state index contributed by atoms with van der Waals surface area (Å²) < 4.78 is 0. The van der Waals surface area contributed by atoms with E-state index in [2.05, 4.69) is 5.16 Å². The van der Waals surface area contributed by atoms with Crippen LogP contribution in [0.5, 0.6) is 0 Å².